The summed E-state index contributed by atoms with van der Waals surface area (Å²) in [7, 11) is 0. The third-order valence-electron chi connectivity index (χ3n) is 3.19. The number of carbonyl (C=O) groups excluding carboxylic acids is 1. The number of benzene rings is 1. The Morgan fingerprint density at radius 2 is 2.04 bits per heavy atom. The molecule has 126 valence electrons. The molecule has 0 unspecified atom stereocenters. The normalized spacial score (nSPS) is 12.3. The van der Waals surface area contributed by atoms with E-state index in [4.69, 9.17) is 9.94 Å². The number of rotatable bonds is 9. The van der Waals surface area contributed by atoms with Gasteiger partial charge in [-0.25, -0.2) is 4.79 Å². The lowest BCUT2D eigenvalue weighted by Gasteiger charge is -2.29. The molecule has 1 aromatic rings. The van der Waals surface area contributed by atoms with E-state index >= 15 is 0 Å². The first-order chi connectivity index (χ1) is 11.0. The van der Waals surface area contributed by atoms with Crippen molar-refractivity contribution in [3.8, 4) is 0 Å². The summed E-state index contributed by atoms with van der Waals surface area (Å²) in [6.07, 6.45) is 4.78. The van der Waals surface area contributed by atoms with Gasteiger partial charge in [-0.15, -0.1) is 5.16 Å². The smallest absolute Gasteiger partial charge is 0.330 e. The Bertz CT molecular complexity index is 524. The molecule has 0 spiro atoms. The summed E-state index contributed by atoms with van der Waals surface area (Å²) in [6, 6.07) is 10.1. The maximum atomic E-state index is 11.4. The van der Waals surface area contributed by atoms with Gasteiger partial charge in [0.25, 0.3) is 0 Å². The van der Waals surface area contributed by atoms with Gasteiger partial charge >= 0.3 is 5.97 Å². The van der Waals surface area contributed by atoms with Gasteiger partial charge in [-0.1, -0.05) is 50.3 Å². The molecule has 0 bridgehead atoms. The minimum atomic E-state index is -0.330. The predicted octanol–water partition coefficient (Wildman–Crippen LogP) is 3.09. The van der Waals surface area contributed by atoms with E-state index in [9.17, 15) is 4.79 Å². The van der Waals surface area contributed by atoms with Gasteiger partial charge in [0.1, 0.15) is 0 Å². The monoisotopic (exact) mass is 318 g/mol. The first-order valence-electron chi connectivity index (χ1n) is 7.75. The van der Waals surface area contributed by atoms with Gasteiger partial charge in [-0.05, 0) is 12.5 Å². The highest BCUT2D eigenvalue weighted by molar-refractivity contribution is 5.81. The number of esters is 1. The quantitative estimate of drug-likeness (QED) is 0.250. The molecule has 0 fully saturated rings. The third-order valence-corrected chi connectivity index (χ3v) is 3.19. The van der Waals surface area contributed by atoms with Crippen LogP contribution in [-0.2, 0) is 16.1 Å². The molecule has 1 rings (SSSR count). The Balaban J connectivity index is 2.73. The van der Waals surface area contributed by atoms with E-state index in [-0.39, 0.29) is 11.4 Å². The van der Waals surface area contributed by atoms with Crippen molar-refractivity contribution in [3.05, 3.63) is 48.0 Å². The molecular formula is C18H26N2O3. The van der Waals surface area contributed by atoms with E-state index in [0.29, 0.717) is 19.7 Å². The maximum absolute atomic E-state index is 11.4. The van der Waals surface area contributed by atoms with Gasteiger partial charge in [-0.2, -0.15) is 0 Å². The van der Waals surface area contributed by atoms with E-state index < -0.39 is 0 Å². The lowest BCUT2D eigenvalue weighted by atomic mass is 9.94. The van der Waals surface area contributed by atoms with Crippen LogP contribution in [0.2, 0.25) is 0 Å². The molecule has 0 aromatic heterocycles. The second kappa shape index (κ2) is 9.79. The van der Waals surface area contributed by atoms with Crippen molar-refractivity contribution in [2.45, 2.75) is 27.3 Å². The molecule has 0 amide bonds. The standard InChI is InChI=1S/C18H26N2O3/c1-4-23-17(21)11-8-12-20(15-18(2,3)14-19-22)13-16-9-6-5-7-10-16/h5-11,14,22H,4,12-13,15H2,1-3H3/b11-8+,19-14?. The van der Waals surface area contributed by atoms with Crippen LogP contribution in [0.1, 0.15) is 26.3 Å². The van der Waals surface area contributed by atoms with Gasteiger partial charge in [-0.3, -0.25) is 4.90 Å². The number of nitrogens with zero attached hydrogens (tertiary/aromatic N) is 2. The average Bonchev–Trinajstić information content (AvgIpc) is 2.48. The van der Waals surface area contributed by atoms with Crippen LogP contribution in [0.25, 0.3) is 0 Å². The van der Waals surface area contributed by atoms with E-state index in [1.807, 2.05) is 32.0 Å². The summed E-state index contributed by atoms with van der Waals surface area (Å²) in [5.74, 6) is -0.330. The Kier molecular flexibility index (Phi) is 8.05. The highest BCUT2D eigenvalue weighted by Crippen LogP contribution is 2.16. The van der Waals surface area contributed by atoms with Gasteiger partial charge in [0, 0.05) is 31.1 Å². The van der Waals surface area contributed by atoms with Crippen molar-refractivity contribution in [3.63, 3.8) is 0 Å². The van der Waals surface area contributed by atoms with Gasteiger partial charge < -0.3 is 9.94 Å². The minimum absolute atomic E-state index is 0.276. The zero-order valence-electron chi connectivity index (χ0n) is 14.1. The summed E-state index contributed by atoms with van der Waals surface area (Å²) >= 11 is 0. The highest BCUT2D eigenvalue weighted by Gasteiger charge is 2.20. The second-order valence-electron chi connectivity index (χ2n) is 6.04. The molecule has 5 heteroatoms. The van der Waals surface area contributed by atoms with Gasteiger partial charge in [0.15, 0.2) is 0 Å². The van der Waals surface area contributed by atoms with Gasteiger partial charge in [0.05, 0.1) is 12.8 Å². The maximum Gasteiger partial charge on any atom is 0.330 e. The number of hydrogen-bond donors (Lipinski definition) is 1. The Labute approximate surface area is 138 Å². The molecule has 0 aliphatic carbocycles. The van der Waals surface area contributed by atoms with Crippen LogP contribution in [0, 0.1) is 5.41 Å². The Hall–Kier alpha value is -2.14. The molecule has 0 atom stereocenters. The molecule has 0 saturated heterocycles. The van der Waals surface area contributed by atoms with Crippen LogP contribution < -0.4 is 0 Å². The Morgan fingerprint density at radius 3 is 2.65 bits per heavy atom. The highest BCUT2D eigenvalue weighted by atomic mass is 16.5. The zero-order valence-corrected chi connectivity index (χ0v) is 14.1. The molecule has 0 radical (unpaired) electrons. The topological polar surface area (TPSA) is 62.1 Å². The number of carbonyl (C=O) groups is 1. The number of oxime groups is 1. The average molecular weight is 318 g/mol. The lowest BCUT2D eigenvalue weighted by Crippen LogP contribution is -2.35. The SMILES string of the molecule is CCOC(=O)/C=C/CN(Cc1ccccc1)CC(C)(C)C=NO. The fraction of sp³-hybridized carbons (Fsp3) is 0.444. The third kappa shape index (κ3) is 8.16. The predicted molar refractivity (Wildman–Crippen MR) is 91.6 cm³/mol. The van der Waals surface area contributed by atoms with Crippen molar-refractivity contribution >= 4 is 12.2 Å². The molecule has 0 aliphatic rings. The summed E-state index contributed by atoms with van der Waals surface area (Å²) in [4.78, 5) is 13.6. The zero-order chi connectivity index (χ0) is 17.1. The first kappa shape index (κ1) is 18.9. The van der Waals surface area contributed by atoms with E-state index in [1.54, 1.807) is 13.0 Å². The molecule has 23 heavy (non-hydrogen) atoms. The van der Waals surface area contributed by atoms with Crippen molar-refractivity contribution in [2.75, 3.05) is 19.7 Å². The van der Waals surface area contributed by atoms with Crippen LogP contribution in [0.3, 0.4) is 0 Å². The summed E-state index contributed by atoms with van der Waals surface area (Å²) < 4.78 is 4.88. The number of hydrogen-bond acceptors (Lipinski definition) is 5. The van der Waals surface area contributed by atoms with Gasteiger partial charge in [0.2, 0.25) is 0 Å². The molecule has 0 aliphatic heterocycles. The van der Waals surface area contributed by atoms with Crippen molar-refractivity contribution in [1.82, 2.24) is 4.90 Å². The largest absolute Gasteiger partial charge is 0.463 e. The first-order valence-corrected chi connectivity index (χ1v) is 7.75. The lowest BCUT2D eigenvalue weighted by molar-refractivity contribution is -0.137. The van der Waals surface area contributed by atoms with Crippen LogP contribution >= 0.6 is 0 Å². The van der Waals surface area contributed by atoms with Crippen molar-refractivity contribution < 1.29 is 14.7 Å². The van der Waals surface area contributed by atoms with E-state index in [0.717, 1.165) is 6.54 Å². The molecule has 0 heterocycles. The van der Waals surface area contributed by atoms with Crippen molar-refractivity contribution in [2.24, 2.45) is 10.6 Å². The van der Waals surface area contributed by atoms with E-state index in [1.165, 1.54) is 17.9 Å². The fourth-order valence-electron chi connectivity index (χ4n) is 2.29. The molecular weight excluding hydrogens is 292 g/mol. The Morgan fingerprint density at radius 1 is 1.35 bits per heavy atom. The molecule has 1 N–H and O–H groups in total. The van der Waals surface area contributed by atoms with Crippen LogP contribution in [0.5, 0.6) is 0 Å². The summed E-state index contributed by atoms with van der Waals surface area (Å²) in [6.45, 7) is 8.20. The molecule has 0 saturated carbocycles. The van der Waals surface area contributed by atoms with Crippen LogP contribution in [0.4, 0.5) is 0 Å². The molecule has 1 aromatic carbocycles. The number of ether oxygens (including phenoxy) is 1. The van der Waals surface area contributed by atoms with Crippen LogP contribution in [0.15, 0.2) is 47.6 Å². The van der Waals surface area contributed by atoms with Crippen LogP contribution in [-0.4, -0.2) is 42.0 Å². The summed E-state index contributed by atoms with van der Waals surface area (Å²) in [5.41, 5.74) is 0.912. The second-order valence-corrected chi connectivity index (χ2v) is 6.04. The van der Waals surface area contributed by atoms with Crippen molar-refractivity contribution in [1.29, 1.82) is 0 Å². The molecule has 5 nitrogen and oxygen atoms in total. The minimum Gasteiger partial charge on any atom is -0.463 e. The summed E-state index contributed by atoms with van der Waals surface area (Å²) in [5, 5.41) is 11.9. The fourth-order valence-corrected chi connectivity index (χ4v) is 2.29. The van der Waals surface area contributed by atoms with E-state index in [2.05, 4.69) is 22.2 Å².